The summed E-state index contributed by atoms with van der Waals surface area (Å²) in [5.41, 5.74) is 2.59. The summed E-state index contributed by atoms with van der Waals surface area (Å²) in [6, 6.07) is 4.67. The molecule has 3 aromatic heterocycles. The van der Waals surface area contributed by atoms with Gasteiger partial charge in [-0.15, -0.1) is 11.3 Å². The SMILES string of the molecule is CCN1CCC[C@@H]1CNc1ncc(-c2cnccn2)c(-c2cccs2)n1. The van der Waals surface area contributed by atoms with Crippen molar-refractivity contribution in [3.63, 3.8) is 0 Å². The van der Waals surface area contributed by atoms with Gasteiger partial charge >= 0.3 is 0 Å². The summed E-state index contributed by atoms with van der Waals surface area (Å²) in [7, 11) is 0. The summed E-state index contributed by atoms with van der Waals surface area (Å²) >= 11 is 1.67. The molecule has 7 heteroatoms. The molecule has 1 fully saturated rings. The van der Waals surface area contributed by atoms with Crippen LogP contribution in [0.5, 0.6) is 0 Å². The van der Waals surface area contributed by atoms with E-state index < -0.39 is 0 Å². The molecule has 1 saturated heterocycles. The van der Waals surface area contributed by atoms with Gasteiger partial charge in [-0.1, -0.05) is 13.0 Å². The first kappa shape index (κ1) is 17.1. The summed E-state index contributed by atoms with van der Waals surface area (Å²) in [5, 5.41) is 5.49. The summed E-state index contributed by atoms with van der Waals surface area (Å²) < 4.78 is 0. The van der Waals surface area contributed by atoms with Crippen molar-refractivity contribution in [1.29, 1.82) is 0 Å². The molecule has 0 amide bonds. The van der Waals surface area contributed by atoms with Crippen molar-refractivity contribution < 1.29 is 0 Å². The Labute approximate surface area is 157 Å². The van der Waals surface area contributed by atoms with Gasteiger partial charge in [0.05, 0.1) is 22.5 Å². The van der Waals surface area contributed by atoms with E-state index in [0.29, 0.717) is 12.0 Å². The van der Waals surface area contributed by atoms with Crippen molar-refractivity contribution >= 4 is 17.3 Å². The number of thiophene rings is 1. The van der Waals surface area contributed by atoms with E-state index in [1.165, 1.54) is 19.4 Å². The Morgan fingerprint density at radius 1 is 1.27 bits per heavy atom. The molecule has 0 spiro atoms. The van der Waals surface area contributed by atoms with Crippen LogP contribution in [0, 0.1) is 0 Å². The molecule has 1 aliphatic heterocycles. The van der Waals surface area contributed by atoms with Crippen molar-refractivity contribution in [2.45, 2.75) is 25.8 Å². The fourth-order valence-corrected chi connectivity index (χ4v) is 4.17. The highest BCUT2D eigenvalue weighted by Crippen LogP contribution is 2.32. The second kappa shape index (κ2) is 7.88. The largest absolute Gasteiger partial charge is 0.353 e. The maximum atomic E-state index is 4.81. The van der Waals surface area contributed by atoms with Crippen LogP contribution in [0.2, 0.25) is 0 Å². The maximum absolute atomic E-state index is 4.81. The Hall–Kier alpha value is -2.38. The smallest absolute Gasteiger partial charge is 0.223 e. The molecule has 0 aliphatic carbocycles. The molecule has 0 radical (unpaired) electrons. The van der Waals surface area contributed by atoms with Gasteiger partial charge in [0.2, 0.25) is 5.95 Å². The van der Waals surface area contributed by atoms with Gasteiger partial charge in [0.1, 0.15) is 0 Å². The van der Waals surface area contributed by atoms with Crippen molar-refractivity contribution in [2.24, 2.45) is 0 Å². The molecule has 134 valence electrons. The van der Waals surface area contributed by atoms with Crippen LogP contribution in [-0.4, -0.2) is 50.5 Å². The van der Waals surface area contributed by atoms with Gasteiger partial charge in [0.15, 0.2) is 0 Å². The number of nitrogens with zero attached hydrogens (tertiary/aromatic N) is 5. The van der Waals surface area contributed by atoms with E-state index in [1.807, 2.05) is 12.3 Å². The Morgan fingerprint density at radius 3 is 3.00 bits per heavy atom. The average Bonchev–Trinajstić information content (AvgIpc) is 3.38. The highest BCUT2D eigenvalue weighted by atomic mass is 32.1. The number of aromatic nitrogens is 4. The van der Waals surface area contributed by atoms with Gasteiger partial charge in [0.25, 0.3) is 0 Å². The first-order valence-electron chi connectivity index (χ1n) is 9.00. The van der Waals surface area contributed by atoms with Crippen molar-refractivity contribution in [1.82, 2.24) is 24.8 Å². The van der Waals surface area contributed by atoms with Gasteiger partial charge in [0, 0.05) is 36.7 Å². The summed E-state index contributed by atoms with van der Waals surface area (Å²) in [5.74, 6) is 0.670. The lowest BCUT2D eigenvalue weighted by molar-refractivity contribution is 0.277. The molecule has 3 aromatic rings. The number of hydrogen-bond acceptors (Lipinski definition) is 7. The van der Waals surface area contributed by atoms with E-state index in [-0.39, 0.29) is 0 Å². The minimum Gasteiger partial charge on any atom is -0.353 e. The van der Waals surface area contributed by atoms with E-state index in [2.05, 4.69) is 43.5 Å². The lowest BCUT2D eigenvalue weighted by atomic mass is 10.1. The fraction of sp³-hybridized carbons (Fsp3) is 0.368. The third-order valence-electron chi connectivity index (χ3n) is 4.78. The summed E-state index contributed by atoms with van der Waals surface area (Å²) in [6.45, 7) is 5.39. The molecule has 0 bridgehead atoms. The minimum absolute atomic E-state index is 0.563. The van der Waals surface area contributed by atoms with Gasteiger partial charge in [-0.3, -0.25) is 14.9 Å². The number of hydrogen-bond donors (Lipinski definition) is 1. The van der Waals surface area contributed by atoms with Crippen LogP contribution < -0.4 is 5.32 Å². The van der Waals surface area contributed by atoms with E-state index in [9.17, 15) is 0 Å². The van der Waals surface area contributed by atoms with Gasteiger partial charge in [-0.25, -0.2) is 9.97 Å². The van der Waals surface area contributed by atoms with Crippen LogP contribution in [0.4, 0.5) is 5.95 Å². The Bertz CT molecular complexity index is 837. The zero-order chi connectivity index (χ0) is 17.8. The fourth-order valence-electron chi connectivity index (χ4n) is 3.45. The predicted molar refractivity (Wildman–Crippen MR) is 105 cm³/mol. The van der Waals surface area contributed by atoms with Crippen LogP contribution in [0.25, 0.3) is 21.8 Å². The maximum Gasteiger partial charge on any atom is 0.223 e. The topological polar surface area (TPSA) is 66.8 Å². The van der Waals surface area contributed by atoms with Gasteiger partial charge < -0.3 is 5.32 Å². The van der Waals surface area contributed by atoms with Crippen LogP contribution in [0.15, 0.2) is 42.3 Å². The molecule has 0 unspecified atom stereocenters. The lowest BCUT2D eigenvalue weighted by Gasteiger charge is -2.23. The van der Waals surface area contributed by atoms with E-state index in [4.69, 9.17) is 4.98 Å². The molecule has 4 rings (SSSR count). The van der Waals surface area contributed by atoms with Crippen LogP contribution >= 0.6 is 11.3 Å². The molecule has 1 aliphatic rings. The highest BCUT2D eigenvalue weighted by Gasteiger charge is 2.23. The van der Waals surface area contributed by atoms with E-state index in [1.54, 1.807) is 29.9 Å². The number of rotatable bonds is 6. The summed E-state index contributed by atoms with van der Waals surface area (Å²) in [6.07, 6.45) is 9.47. The molecule has 0 saturated carbocycles. The number of nitrogens with one attached hydrogen (secondary N) is 1. The van der Waals surface area contributed by atoms with Crippen LogP contribution in [0.3, 0.4) is 0 Å². The van der Waals surface area contributed by atoms with Gasteiger partial charge in [-0.2, -0.15) is 0 Å². The van der Waals surface area contributed by atoms with Crippen LogP contribution in [-0.2, 0) is 0 Å². The van der Waals surface area contributed by atoms with Crippen molar-refractivity contribution in [2.75, 3.05) is 25.0 Å². The molecular weight excluding hydrogens is 344 g/mol. The molecule has 26 heavy (non-hydrogen) atoms. The van der Waals surface area contributed by atoms with Gasteiger partial charge in [-0.05, 0) is 37.4 Å². The van der Waals surface area contributed by atoms with E-state index >= 15 is 0 Å². The molecule has 4 heterocycles. The Kier molecular flexibility index (Phi) is 5.17. The zero-order valence-corrected chi connectivity index (χ0v) is 15.6. The van der Waals surface area contributed by atoms with Crippen LogP contribution in [0.1, 0.15) is 19.8 Å². The van der Waals surface area contributed by atoms with Crippen molar-refractivity contribution in [3.8, 4) is 21.8 Å². The minimum atomic E-state index is 0.563. The lowest BCUT2D eigenvalue weighted by Crippen LogP contribution is -2.34. The third kappa shape index (κ3) is 3.59. The average molecular weight is 366 g/mol. The normalized spacial score (nSPS) is 17.5. The monoisotopic (exact) mass is 366 g/mol. The number of anilines is 1. The molecule has 1 atom stereocenters. The zero-order valence-electron chi connectivity index (χ0n) is 14.8. The number of likely N-dealkylation sites (tertiary alicyclic amines) is 1. The van der Waals surface area contributed by atoms with Crippen molar-refractivity contribution in [3.05, 3.63) is 42.3 Å². The quantitative estimate of drug-likeness (QED) is 0.719. The first-order chi connectivity index (χ1) is 12.8. The second-order valence-corrected chi connectivity index (χ2v) is 7.28. The molecule has 1 N–H and O–H groups in total. The number of likely N-dealkylation sites (N-methyl/N-ethyl adjacent to an activating group) is 1. The Balaban J connectivity index is 1.60. The third-order valence-corrected chi connectivity index (χ3v) is 5.66. The highest BCUT2D eigenvalue weighted by molar-refractivity contribution is 7.13. The second-order valence-electron chi connectivity index (χ2n) is 6.33. The standard InChI is InChI=1S/C19H22N6S/c1-2-25-9-3-5-14(25)11-22-19-23-12-15(16-13-20-7-8-21-16)18(24-19)17-6-4-10-26-17/h4,6-8,10,12-14H,2-3,5,9,11H2,1H3,(H,22,23,24)/t14-/m1/s1. The predicted octanol–water partition coefficient (Wildman–Crippen LogP) is 3.56. The Morgan fingerprint density at radius 2 is 2.23 bits per heavy atom. The summed E-state index contributed by atoms with van der Waals surface area (Å²) in [4.78, 5) is 21.5. The molecular formula is C19H22N6S. The molecule has 0 aromatic carbocycles. The van der Waals surface area contributed by atoms with E-state index in [0.717, 1.165) is 34.9 Å². The molecule has 6 nitrogen and oxygen atoms in total. The first-order valence-corrected chi connectivity index (χ1v) is 9.88.